The van der Waals surface area contributed by atoms with E-state index in [2.05, 4.69) is 10.6 Å². The molecule has 0 aromatic carbocycles. The second-order valence-corrected chi connectivity index (χ2v) is 6.60. The number of rotatable bonds is 4. The van der Waals surface area contributed by atoms with Gasteiger partial charge >= 0.3 is 12.1 Å². The van der Waals surface area contributed by atoms with Gasteiger partial charge in [-0.3, -0.25) is 9.59 Å². The van der Waals surface area contributed by atoms with Crippen LogP contribution < -0.4 is 10.6 Å². The van der Waals surface area contributed by atoms with Gasteiger partial charge in [-0.15, -0.1) is 0 Å². The molecule has 7 heteroatoms. The van der Waals surface area contributed by atoms with E-state index in [0.717, 1.165) is 0 Å². The maximum atomic E-state index is 11.8. The van der Waals surface area contributed by atoms with E-state index in [1.807, 2.05) is 0 Å². The number of carbonyl (C=O) groups excluding carboxylic acids is 3. The molecule has 0 bridgehead atoms. The summed E-state index contributed by atoms with van der Waals surface area (Å²) in [5, 5.41) is 4.75. The molecule has 0 saturated heterocycles. The topological polar surface area (TPSA) is 93.7 Å². The molecule has 21 heavy (non-hydrogen) atoms. The standard InChI is InChI=1S/C14H26N2O5/c1-13(2,3)20-10(17)8-9(11(18)15-7)16-12(19)21-14(4,5)6/h9H,8H2,1-7H3,(H,15,18)(H,16,19). The summed E-state index contributed by atoms with van der Waals surface area (Å²) >= 11 is 0. The SMILES string of the molecule is CNC(=O)C(CC(=O)OC(C)(C)C)NC(=O)OC(C)(C)C. The summed E-state index contributed by atoms with van der Waals surface area (Å²) in [4.78, 5) is 35.2. The molecule has 0 fully saturated rings. The Morgan fingerprint density at radius 1 is 0.952 bits per heavy atom. The minimum Gasteiger partial charge on any atom is -0.460 e. The van der Waals surface area contributed by atoms with Crippen molar-refractivity contribution in [2.24, 2.45) is 0 Å². The molecule has 2 amide bonds. The lowest BCUT2D eigenvalue weighted by molar-refractivity contribution is -0.156. The van der Waals surface area contributed by atoms with Crippen molar-refractivity contribution in [3.05, 3.63) is 0 Å². The summed E-state index contributed by atoms with van der Waals surface area (Å²) in [6.45, 7) is 10.3. The van der Waals surface area contributed by atoms with Crippen LogP contribution in [0.1, 0.15) is 48.0 Å². The second kappa shape index (κ2) is 7.28. The van der Waals surface area contributed by atoms with Crippen LogP contribution in [0.25, 0.3) is 0 Å². The first-order valence-corrected chi connectivity index (χ1v) is 6.77. The molecule has 1 atom stereocenters. The molecule has 7 nitrogen and oxygen atoms in total. The number of amides is 2. The van der Waals surface area contributed by atoms with Gasteiger partial charge in [0, 0.05) is 7.05 Å². The quantitative estimate of drug-likeness (QED) is 0.765. The Morgan fingerprint density at radius 3 is 1.81 bits per heavy atom. The minimum atomic E-state index is -1.04. The van der Waals surface area contributed by atoms with Crippen molar-refractivity contribution in [1.82, 2.24) is 10.6 Å². The van der Waals surface area contributed by atoms with Gasteiger partial charge in [0.2, 0.25) is 5.91 Å². The lowest BCUT2D eigenvalue weighted by Crippen LogP contribution is -2.48. The van der Waals surface area contributed by atoms with Crippen LogP contribution >= 0.6 is 0 Å². The predicted octanol–water partition coefficient (Wildman–Crippen LogP) is 1.36. The lowest BCUT2D eigenvalue weighted by atomic mass is 10.1. The third-order valence-electron chi connectivity index (χ3n) is 2.04. The predicted molar refractivity (Wildman–Crippen MR) is 77.7 cm³/mol. The number of ether oxygens (including phenoxy) is 2. The van der Waals surface area contributed by atoms with Crippen molar-refractivity contribution in [1.29, 1.82) is 0 Å². The van der Waals surface area contributed by atoms with Crippen LogP contribution in [-0.4, -0.2) is 42.3 Å². The smallest absolute Gasteiger partial charge is 0.408 e. The number of nitrogens with one attached hydrogen (secondary N) is 2. The van der Waals surface area contributed by atoms with Gasteiger partial charge in [0.05, 0.1) is 6.42 Å². The van der Waals surface area contributed by atoms with E-state index in [9.17, 15) is 14.4 Å². The molecule has 122 valence electrons. The normalized spacial score (nSPS) is 13.1. The van der Waals surface area contributed by atoms with E-state index in [1.54, 1.807) is 41.5 Å². The summed E-state index contributed by atoms with van der Waals surface area (Å²) in [6, 6.07) is -1.04. The van der Waals surface area contributed by atoms with E-state index in [4.69, 9.17) is 9.47 Å². The number of alkyl carbamates (subject to hydrolysis) is 1. The Labute approximate surface area is 125 Å². The van der Waals surface area contributed by atoms with Crippen molar-refractivity contribution in [2.75, 3.05) is 7.05 Å². The van der Waals surface area contributed by atoms with Crippen LogP contribution in [0.4, 0.5) is 4.79 Å². The van der Waals surface area contributed by atoms with Crippen LogP contribution in [0.3, 0.4) is 0 Å². The number of likely N-dealkylation sites (N-methyl/N-ethyl adjacent to an activating group) is 1. The Bertz CT molecular complexity index is 363. The Morgan fingerprint density at radius 2 is 1.43 bits per heavy atom. The molecule has 1 unspecified atom stereocenters. The molecule has 2 N–H and O–H groups in total. The third kappa shape index (κ3) is 9.70. The molecule has 0 aromatic heterocycles. The van der Waals surface area contributed by atoms with E-state index in [0.29, 0.717) is 0 Å². The zero-order valence-corrected chi connectivity index (χ0v) is 13.8. The number of hydrogen-bond acceptors (Lipinski definition) is 5. The number of carbonyl (C=O) groups is 3. The first-order chi connectivity index (χ1) is 9.34. The molecule has 0 rings (SSSR count). The fourth-order valence-corrected chi connectivity index (χ4v) is 1.38. The summed E-state index contributed by atoms with van der Waals surface area (Å²) < 4.78 is 10.2. The fourth-order valence-electron chi connectivity index (χ4n) is 1.38. The fraction of sp³-hybridized carbons (Fsp3) is 0.786. The third-order valence-corrected chi connectivity index (χ3v) is 2.04. The van der Waals surface area contributed by atoms with Crippen molar-refractivity contribution >= 4 is 18.0 Å². The summed E-state index contributed by atoms with van der Waals surface area (Å²) in [6.07, 6.45) is -1.03. The number of esters is 1. The number of hydrogen-bond donors (Lipinski definition) is 2. The van der Waals surface area contributed by atoms with Gasteiger partial charge in [-0.05, 0) is 41.5 Å². The van der Waals surface area contributed by atoms with Crippen molar-refractivity contribution in [3.63, 3.8) is 0 Å². The van der Waals surface area contributed by atoms with Crippen LogP contribution in [0, 0.1) is 0 Å². The van der Waals surface area contributed by atoms with Gasteiger partial charge in [-0.2, -0.15) is 0 Å². The molecular weight excluding hydrogens is 276 g/mol. The highest BCUT2D eigenvalue weighted by molar-refractivity contribution is 5.89. The highest BCUT2D eigenvalue weighted by Gasteiger charge is 2.28. The maximum Gasteiger partial charge on any atom is 0.408 e. The highest BCUT2D eigenvalue weighted by Crippen LogP contribution is 2.11. The highest BCUT2D eigenvalue weighted by atomic mass is 16.6. The van der Waals surface area contributed by atoms with Crippen molar-refractivity contribution in [3.8, 4) is 0 Å². The summed E-state index contributed by atoms with van der Waals surface area (Å²) in [7, 11) is 1.42. The monoisotopic (exact) mass is 302 g/mol. The van der Waals surface area contributed by atoms with Crippen molar-refractivity contribution in [2.45, 2.75) is 65.2 Å². The average Bonchev–Trinajstić information content (AvgIpc) is 2.21. The van der Waals surface area contributed by atoms with Gasteiger partial charge < -0.3 is 20.1 Å². The second-order valence-electron chi connectivity index (χ2n) is 6.60. The van der Waals surface area contributed by atoms with E-state index < -0.39 is 35.2 Å². The van der Waals surface area contributed by atoms with Crippen molar-refractivity contribution < 1.29 is 23.9 Å². The van der Waals surface area contributed by atoms with Crippen LogP contribution in [0.2, 0.25) is 0 Å². The average molecular weight is 302 g/mol. The van der Waals surface area contributed by atoms with Crippen LogP contribution in [-0.2, 0) is 19.1 Å². The molecule has 0 aliphatic heterocycles. The van der Waals surface area contributed by atoms with E-state index in [-0.39, 0.29) is 6.42 Å². The molecule has 0 aromatic rings. The maximum absolute atomic E-state index is 11.8. The zero-order chi connectivity index (χ0) is 16.8. The Hall–Kier alpha value is -1.79. The zero-order valence-electron chi connectivity index (χ0n) is 13.8. The van der Waals surface area contributed by atoms with E-state index in [1.165, 1.54) is 7.05 Å². The van der Waals surface area contributed by atoms with Gasteiger partial charge in [-0.25, -0.2) is 4.79 Å². The van der Waals surface area contributed by atoms with Crippen LogP contribution in [0.5, 0.6) is 0 Å². The first-order valence-electron chi connectivity index (χ1n) is 6.77. The Kier molecular flexibility index (Phi) is 6.66. The molecule has 0 saturated carbocycles. The summed E-state index contributed by atoms with van der Waals surface area (Å²) in [5.74, 6) is -1.07. The van der Waals surface area contributed by atoms with Gasteiger partial charge in [0.25, 0.3) is 0 Å². The molecular formula is C14H26N2O5. The first kappa shape index (κ1) is 19.2. The van der Waals surface area contributed by atoms with E-state index >= 15 is 0 Å². The molecule has 0 aliphatic rings. The molecule has 0 aliphatic carbocycles. The molecule has 0 spiro atoms. The lowest BCUT2D eigenvalue weighted by Gasteiger charge is -2.24. The molecule has 0 radical (unpaired) electrons. The van der Waals surface area contributed by atoms with Gasteiger partial charge in [-0.1, -0.05) is 0 Å². The summed E-state index contributed by atoms with van der Waals surface area (Å²) in [5.41, 5.74) is -1.35. The van der Waals surface area contributed by atoms with Gasteiger partial charge in [0.15, 0.2) is 0 Å². The minimum absolute atomic E-state index is 0.268. The largest absolute Gasteiger partial charge is 0.460 e. The van der Waals surface area contributed by atoms with Crippen LogP contribution in [0.15, 0.2) is 0 Å². The molecule has 0 heterocycles. The Balaban J connectivity index is 4.72. The van der Waals surface area contributed by atoms with Gasteiger partial charge in [0.1, 0.15) is 17.2 Å².